The molecule has 0 aliphatic heterocycles. The molecule has 4 N–H and O–H groups in total. The maximum absolute atomic E-state index is 13.6. The second-order valence-corrected chi connectivity index (χ2v) is 4.23. The number of phenolic OH excluding ortho intramolecular Hbond substituents is 1. The number of nitrogen functional groups attached to an aromatic ring is 1. The predicted octanol–water partition coefficient (Wildman–Crippen LogP) is 3.02. The largest absolute Gasteiger partial charge is 0.508 e. The molecule has 0 saturated heterocycles. The van der Waals surface area contributed by atoms with Gasteiger partial charge in [0, 0.05) is 5.69 Å². The standard InChI is InChI=1S/C13H10ClFN2O2/c14-9-2-1-3-11(12(9)15)17-13(19)8-6-7(18)4-5-10(8)16/h1-6,18H,16H2,(H,17,19). The highest BCUT2D eigenvalue weighted by Gasteiger charge is 2.14. The van der Waals surface area contributed by atoms with E-state index in [0.717, 1.165) is 0 Å². The second-order valence-electron chi connectivity index (χ2n) is 3.83. The molecular formula is C13H10ClFN2O2. The Morgan fingerprint density at radius 3 is 2.79 bits per heavy atom. The molecule has 0 atom stereocenters. The highest BCUT2D eigenvalue weighted by atomic mass is 35.5. The minimum atomic E-state index is -0.726. The van der Waals surface area contributed by atoms with Crippen molar-refractivity contribution >= 4 is 28.9 Å². The molecule has 0 radical (unpaired) electrons. The smallest absolute Gasteiger partial charge is 0.257 e. The lowest BCUT2D eigenvalue weighted by Crippen LogP contribution is -2.15. The van der Waals surface area contributed by atoms with Crippen LogP contribution in [0.25, 0.3) is 0 Å². The number of amides is 1. The first kappa shape index (κ1) is 13.2. The number of anilines is 2. The van der Waals surface area contributed by atoms with Gasteiger partial charge >= 0.3 is 0 Å². The van der Waals surface area contributed by atoms with Crippen LogP contribution >= 0.6 is 11.6 Å². The van der Waals surface area contributed by atoms with Crippen molar-refractivity contribution in [3.63, 3.8) is 0 Å². The van der Waals surface area contributed by atoms with Crippen LogP contribution < -0.4 is 11.1 Å². The highest BCUT2D eigenvalue weighted by molar-refractivity contribution is 6.31. The summed E-state index contributed by atoms with van der Waals surface area (Å²) in [7, 11) is 0. The van der Waals surface area contributed by atoms with E-state index >= 15 is 0 Å². The highest BCUT2D eigenvalue weighted by Crippen LogP contribution is 2.24. The zero-order valence-corrected chi connectivity index (χ0v) is 10.4. The zero-order chi connectivity index (χ0) is 14.0. The molecule has 2 rings (SSSR count). The van der Waals surface area contributed by atoms with Gasteiger partial charge in [-0.1, -0.05) is 17.7 Å². The van der Waals surface area contributed by atoms with E-state index < -0.39 is 11.7 Å². The summed E-state index contributed by atoms with van der Waals surface area (Å²) in [5.74, 6) is -1.46. The minimum Gasteiger partial charge on any atom is -0.508 e. The first-order valence-electron chi connectivity index (χ1n) is 5.33. The summed E-state index contributed by atoms with van der Waals surface area (Å²) in [6, 6.07) is 8.19. The number of nitrogens with two attached hydrogens (primary N) is 1. The third kappa shape index (κ3) is 2.77. The molecule has 98 valence electrons. The second kappa shape index (κ2) is 5.16. The van der Waals surface area contributed by atoms with E-state index in [-0.39, 0.29) is 27.7 Å². The Morgan fingerprint density at radius 2 is 2.05 bits per heavy atom. The molecule has 1 amide bonds. The van der Waals surface area contributed by atoms with Gasteiger partial charge in [-0.3, -0.25) is 4.79 Å². The fourth-order valence-corrected chi connectivity index (χ4v) is 1.71. The first-order chi connectivity index (χ1) is 8.99. The van der Waals surface area contributed by atoms with Crippen LogP contribution in [0.2, 0.25) is 5.02 Å². The van der Waals surface area contributed by atoms with Crippen molar-refractivity contribution in [1.82, 2.24) is 0 Å². The van der Waals surface area contributed by atoms with Crippen LogP contribution in [-0.4, -0.2) is 11.0 Å². The normalized spacial score (nSPS) is 10.2. The van der Waals surface area contributed by atoms with E-state index in [2.05, 4.69) is 5.32 Å². The van der Waals surface area contributed by atoms with Gasteiger partial charge in [0.25, 0.3) is 5.91 Å². The van der Waals surface area contributed by atoms with Gasteiger partial charge in [-0.15, -0.1) is 0 Å². The van der Waals surface area contributed by atoms with Gasteiger partial charge in [-0.05, 0) is 30.3 Å². The Kier molecular flexibility index (Phi) is 3.57. The molecule has 0 spiro atoms. The van der Waals surface area contributed by atoms with Crippen molar-refractivity contribution < 1.29 is 14.3 Å². The molecule has 6 heteroatoms. The number of carbonyl (C=O) groups is 1. The first-order valence-corrected chi connectivity index (χ1v) is 5.70. The maximum Gasteiger partial charge on any atom is 0.257 e. The Balaban J connectivity index is 2.31. The van der Waals surface area contributed by atoms with Gasteiger partial charge in [0.05, 0.1) is 16.3 Å². The van der Waals surface area contributed by atoms with Crippen molar-refractivity contribution in [2.24, 2.45) is 0 Å². The molecule has 0 unspecified atom stereocenters. The summed E-state index contributed by atoms with van der Waals surface area (Å²) in [5, 5.41) is 11.6. The Labute approximate surface area is 113 Å². The molecule has 19 heavy (non-hydrogen) atoms. The van der Waals surface area contributed by atoms with Gasteiger partial charge < -0.3 is 16.2 Å². The van der Waals surface area contributed by atoms with E-state index in [4.69, 9.17) is 17.3 Å². The molecule has 0 saturated carbocycles. The van der Waals surface area contributed by atoms with Gasteiger partial charge in [0.1, 0.15) is 5.75 Å². The van der Waals surface area contributed by atoms with Crippen LogP contribution in [0.4, 0.5) is 15.8 Å². The summed E-state index contributed by atoms with van der Waals surface area (Å²) >= 11 is 5.61. The molecule has 4 nitrogen and oxygen atoms in total. The number of aromatic hydroxyl groups is 1. The van der Waals surface area contributed by atoms with Crippen molar-refractivity contribution in [3.05, 3.63) is 52.8 Å². The number of nitrogens with one attached hydrogen (secondary N) is 1. The predicted molar refractivity (Wildman–Crippen MR) is 71.9 cm³/mol. The number of hydrogen-bond acceptors (Lipinski definition) is 3. The van der Waals surface area contributed by atoms with Gasteiger partial charge in [-0.2, -0.15) is 0 Å². The van der Waals surface area contributed by atoms with Gasteiger partial charge in [-0.25, -0.2) is 4.39 Å². The minimum absolute atomic E-state index is 0.0550. The number of benzene rings is 2. The van der Waals surface area contributed by atoms with E-state index in [9.17, 15) is 14.3 Å². The van der Waals surface area contributed by atoms with E-state index in [1.807, 2.05) is 0 Å². The third-order valence-corrected chi connectivity index (χ3v) is 2.77. The molecule has 2 aromatic carbocycles. The SMILES string of the molecule is Nc1ccc(O)cc1C(=O)Nc1cccc(Cl)c1F. The van der Waals surface area contributed by atoms with Crippen LogP contribution in [-0.2, 0) is 0 Å². The summed E-state index contributed by atoms with van der Waals surface area (Å²) < 4.78 is 13.6. The summed E-state index contributed by atoms with van der Waals surface area (Å²) in [4.78, 5) is 11.9. The Morgan fingerprint density at radius 1 is 1.32 bits per heavy atom. The topological polar surface area (TPSA) is 75.3 Å². The zero-order valence-electron chi connectivity index (χ0n) is 9.65. The quantitative estimate of drug-likeness (QED) is 0.585. The average molecular weight is 281 g/mol. The summed E-state index contributed by atoms with van der Waals surface area (Å²) in [6.45, 7) is 0. The number of hydrogen-bond donors (Lipinski definition) is 3. The number of carbonyl (C=O) groups excluding carboxylic acids is 1. The number of halogens is 2. The molecule has 0 bridgehead atoms. The molecule has 0 aliphatic carbocycles. The molecule has 0 aromatic heterocycles. The molecule has 2 aromatic rings. The van der Waals surface area contributed by atoms with E-state index in [1.165, 1.54) is 36.4 Å². The van der Waals surface area contributed by atoms with Crippen LogP contribution in [0.5, 0.6) is 5.75 Å². The lowest BCUT2D eigenvalue weighted by molar-refractivity contribution is 0.102. The maximum atomic E-state index is 13.6. The number of phenols is 1. The number of rotatable bonds is 2. The van der Waals surface area contributed by atoms with Crippen molar-refractivity contribution in [3.8, 4) is 5.75 Å². The average Bonchev–Trinajstić information content (AvgIpc) is 2.38. The lowest BCUT2D eigenvalue weighted by Gasteiger charge is -2.09. The van der Waals surface area contributed by atoms with Gasteiger partial charge in [0.2, 0.25) is 0 Å². The lowest BCUT2D eigenvalue weighted by atomic mass is 10.1. The van der Waals surface area contributed by atoms with Crippen molar-refractivity contribution in [2.45, 2.75) is 0 Å². The molecule has 0 heterocycles. The third-order valence-electron chi connectivity index (χ3n) is 2.48. The van der Waals surface area contributed by atoms with Gasteiger partial charge in [0.15, 0.2) is 5.82 Å². The van der Waals surface area contributed by atoms with Crippen LogP contribution in [0.3, 0.4) is 0 Å². The molecule has 0 fully saturated rings. The van der Waals surface area contributed by atoms with Crippen LogP contribution in [0, 0.1) is 5.82 Å². The fourth-order valence-electron chi connectivity index (χ4n) is 1.53. The van der Waals surface area contributed by atoms with E-state index in [1.54, 1.807) is 0 Å². The van der Waals surface area contributed by atoms with Crippen LogP contribution in [0.1, 0.15) is 10.4 Å². The van der Waals surface area contributed by atoms with Crippen molar-refractivity contribution in [2.75, 3.05) is 11.1 Å². The van der Waals surface area contributed by atoms with Crippen LogP contribution in [0.15, 0.2) is 36.4 Å². The molecular weight excluding hydrogens is 271 g/mol. The molecule has 0 aliphatic rings. The monoisotopic (exact) mass is 280 g/mol. The fraction of sp³-hybridized carbons (Fsp3) is 0. The van der Waals surface area contributed by atoms with Crippen molar-refractivity contribution in [1.29, 1.82) is 0 Å². The Bertz CT molecular complexity index is 647. The van der Waals surface area contributed by atoms with E-state index in [0.29, 0.717) is 0 Å². The Hall–Kier alpha value is -2.27. The summed E-state index contributed by atoms with van der Waals surface area (Å²) in [6.07, 6.45) is 0. The summed E-state index contributed by atoms with van der Waals surface area (Å²) in [5.41, 5.74) is 5.80.